The zero-order valence-corrected chi connectivity index (χ0v) is 20.2. The molecule has 0 saturated carbocycles. The number of hydrogen-bond donors (Lipinski definition) is 0. The summed E-state index contributed by atoms with van der Waals surface area (Å²) in [5.41, 5.74) is 11.4. The van der Waals surface area contributed by atoms with Crippen molar-refractivity contribution in [2.75, 3.05) is 13.7 Å². The summed E-state index contributed by atoms with van der Waals surface area (Å²) in [6.07, 6.45) is 3.75. The van der Waals surface area contributed by atoms with E-state index in [0.717, 1.165) is 28.4 Å². The van der Waals surface area contributed by atoms with E-state index < -0.39 is 0 Å². The molecule has 0 amide bonds. The molecule has 0 aromatic heterocycles. The van der Waals surface area contributed by atoms with Crippen LogP contribution in [0.15, 0.2) is 47.6 Å². The van der Waals surface area contributed by atoms with Crippen molar-refractivity contribution in [3.63, 3.8) is 0 Å². The molecule has 0 aliphatic carbocycles. The second kappa shape index (κ2) is 9.77. The molecular formula is C23H24ClIN4O2. The number of ether oxygens (including phenoxy) is 1. The van der Waals surface area contributed by atoms with Crippen LogP contribution in [0.5, 0.6) is 0 Å². The van der Waals surface area contributed by atoms with Gasteiger partial charge in [0.1, 0.15) is 0 Å². The highest BCUT2D eigenvalue weighted by Gasteiger charge is 2.49. The average Bonchev–Trinajstić information content (AvgIpc) is 2.98. The number of carbonyl (C=O) groups excluding carboxylic acids is 1. The lowest BCUT2D eigenvalue weighted by molar-refractivity contribution is -0.153. The van der Waals surface area contributed by atoms with Crippen LogP contribution in [0.2, 0.25) is 5.02 Å². The predicted molar refractivity (Wildman–Crippen MR) is 130 cm³/mol. The summed E-state index contributed by atoms with van der Waals surface area (Å²) in [6, 6.07) is 14.3. The minimum atomic E-state index is -0.169. The fourth-order valence-electron chi connectivity index (χ4n) is 5.04. The van der Waals surface area contributed by atoms with Gasteiger partial charge in [-0.05, 0) is 83.8 Å². The lowest BCUT2D eigenvalue weighted by Crippen LogP contribution is -2.49. The first kappa shape index (κ1) is 22.4. The summed E-state index contributed by atoms with van der Waals surface area (Å²) < 4.78 is 6.68. The Morgan fingerprint density at radius 2 is 2.06 bits per heavy atom. The highest BCUT2D eigenvalue weighted by atomic mass is 127. The fourth-order valence-corrected chi connectivity index (χ4v) is 5.86. The Balaban J connectivity index is 1.45. The smallest absolute Gasteiger partial charge is 0.311 e. The van der Waals surface area contributed by atoms with Crippen molar-refractivity contribution in [2.45, 2.75) is 43.7 Å². The summed E-state index contributed by atoms with van der Waals surface area (Å²) >= 11 is 8.23. The van der Waals surface area contributed by atoms with Crippen LogP contribution in [0.3, 0.4) is 0 Å². The van der Waals surface area contributed by atoms with Gasteiger partial charge in [-0.15, -0.1) is 0 Å². The molecule has 2 aliphatic heterocycles. The van der Waals surface area contributed by atoms with E-state index in [1.165, 1.54) is 5.56 Å². The van der Waals surface area contributed by atoms with E-state index in [1.807, 2.05) is 36.4 Å². The Morgan fingerprint density at radius 1 is 1.29 bits per heavy atom. The van der Waals surface area contributed by atoms with Gasteiger partial charge in [-0.1, -0.05) is 41.0 Å². The van der Waals surface area contributed by atoms with Crippen molar-refractivity contribution in [2.24, 2.45) is 11.0 Å². The first-order chi connectivity index (χ1) is 15.0. The largest absolute Gasteiger partial charge is 0.465 e. The van der Waals surface area contributed by atoms with E-state index in [9.17, 15) is 4.79 Å². The number of azide groups is 1. The van der Waals surface area contributed by atoms with Crippen LogP contribution in [-0.2, 0) is 16.0 Å². The maximum absolute atomic E-state index is 13.2. The standard InChI is InChI=1S/C23H24ClIN4O2/c1-29-17-7-9-21(29)22(18(13-17)15-3-5-16(24)6-4-15)23(30)31-11-10-14-2-8-20(27-28-26)19(25)12-14/h2-6,8,12,17-18,21-22H,7,9-11,13H2,1H3/t17-,18-,21?,22?/m1/s1. The molecule has 2 aliphatic rings. The van der Waals surface area contributed by atoms with Gasteiger partial charge in [-0.25, -0.2) is 0 Å². The SMILES string of the molecule is CN1C2CC[C@@H]1C[C@H](c1ccc(Cl)cc1)C2C(=O)OCCc1ccc(N=[N+]=[N-])c(I)c1. The van der Waals surface area contributed by atoms with E-state index in [2.05, 4.69) is 44.6 Å². The van der Waals surface area contributed by atoms with Crippen LogP contribution in [-0.4, -0.2) is 36.6 Å². The van der Waals surface area contributed by atoms with Crippen LogP contribution < -0.4 is 0 Å². The lowest BCUT2D eigenvalue weighted by Gasteiger charge is -2.42. The topological polar surface area (TPSA) is 78.3 Å². The van der Waals surface area contributed by atoms with Gasteiger partial charge in [-0.3, -0.25) is 9.69 Å². The number of halogens is 2. The minimum absolute atomic E-state index is 0.113. The summed E-state index contributed by atoms with van der Waals surface area (Å²) in [6.45, 7) is 0.333. The van der Waals surface area contributed by atoms with Crippen molar-refractivity contribution < 1.29 is 9.53 Å². The quantitative estimate of drug-likeness (QED) is 0.140. The van der Waals surface area contributed by atoms with Crippen molar-refractivity contribution in [1.82, 2.24) is 4.90 Å². The average molecular weight is 551 g/mol. The second-order valence-electron chi connectivity index (χ2n) is 8.28. The maximum Gasteiger partial charge on any atom is 0.311 e. The molecule has 2 saturated heterocycles. The van der Waals surface area contributed by atoms with Crippen molar-refractivity contribution >= 4 is 45.8 Å². The predicted octanol–water partition coefficient (Wildman–Crippen LogP) is 6.24. The number of hydrogen-bond acceptors (Lipinski definition) is 4. The minimum Gasteiger partial charge on any atom is -0.465 e. The first-order valence-corrected chi connectivity index (χ1v) is 11.9. The molecule has 0 spiro atoms. The molecular weight excluding hydrogens is 527 g/mol. The number of nitrogens with zero attached hydrogens (tertiary/aromatic N) is 4. The number of rotatable bonds is 6. The molecule has 2 bridgehead atoms. The summed E-state index contributed by atoms with van der Waals surface area (Å²) in [4.78, 5) is 18.5. The molecule has 4 atom stereocenters. The zero-order chi connectivity index (χ0) is 22.0. The van der Waals surface area contributed by atoms with Crippen molar-refractivity contribution in [3.05, 3.63) is 72.6 Å². The molecule has 2 aromatic carbocycles. The van der Waals surface area contributed by atoms with Gasteiger partial charge >= 0.3 is 5.97 Å². The number of piperidine rings is 1. The third kappa shape index (κ3) is 4.85. The van der Waals surface area contributed by atoms with Gasteiger partial charge in [0.2, 0.25) is 0 Å². The number of carbonyl (C=O) groups is 1. The molecule has 2 unspecified atom stereocenters. The molecule has 8 heteroatoms. The third-order valence-corrected chi connectivity index (χ3v) is 7.75. The van der Waals surface area contributed by atoms with E-state index in [1.54, 1.807) is 6.07 Å². The van der Waals surface area contributed by atoms with Crippen LogP contribution >= 0.6 is 34.2 Å². The Kier molecular flexibility index (Phi) is 7.06. The number of esters is 1. The summed E-state index contributed by atoms with van der Waals surface area (Å²) in [5.74, 6) is -0.127. The molecule has 6 nitrogen and oxygen atoms in total. The lowest BCUT2D eigenvalue weighted by atomic mass is 9.76. The Labute approximate surface area is 200 Å². The van der Waals surface area contributed by atoms with Crippen molar-refractivity contribution in [3.8, 4) is 0 Å². The van der Waals surface area contributed by atoms with Crippen LogP contribution in [0.25, 0.3) is 10.4 Å². The Bertz CT molecular complexity index is 1010. The highest BCUT2D eigenvalue weighted by molar-refractivity contribution is 14.1. The highest BCUT2D eigenvalue weighted by Crippen LogP contribution is 2.46. The molecule has 2 fully saturated rings. The molecule has 162 valence electrons. The van der Waals surface area contributed by atoms with Gasteiger partial charge in [0, 0.05) is 37.9 Å². The summed E-state index contributed by atoms with van der Waals surface area (Å²) in [5, 5.41) is 4.37. The molecule has 4 rings (SSSR count). The normalized spacial score (nSPS) is 25.1. The van der Waals surface area contributed by atoms with E-state index in [4.69, 9.17) is 21.9 Å². The molecule has 2 heterocycles. The molecule has 31 heavy (non-hydrogen) atoms. The molecule has 0 N–H and O–H groups in total. The van der Waals surface area contributed by atoms with Gasteiger partial charge in [0.25, 0.3) is 0 Å². The fraction of sp³-hybridized carbons (Fsp3) is 0.435. The Morgan fingerprint density at radius 3 is 2.77 bits per heavy atom. The van der Waals surface area contributed by atoms with Crippen LogP contribution in [0.4, 0.5) is 5.69 Å². The van der Waals surface area contributed by atoms with Crippen LogP contribution in [0, 0.1) is 9.49 Å². The van der Waals surface area contributed by atoms with Crippen molar-refractivity contribution in [1.29, 1.82) is 0 Å². The zero-order valence-electron chi connectivity index (χ0n) is 17.2. The maximum atomic E-state index is 13.2. The first-order valence-electron chi connectivity index (χ1n) is 10.5. The Hall–Kier alpha value is -1.80. The number of fused-ring (bicyclic) bond motifs is 2. The third-order valence-electron chi connectivity index (χ3n) is 6.64. The molecule has 2 aromatic rings. The van der Waals surface area contributed by atoms with Gasteiger partial charge in [0.05, 0.1) is 18.2 Å². The van der Waals surface area contributed by atoms with Gasteiger partial charge in [-0.2, -0.15) is 0 Å². The van der Waals surface area contributed by atoms with Crippen LogP contribution in [0.1, 0.15) is 36.3 Å². The monoisotopic (exact) mass is 550 g/mol. The van der Waals surface area contributed by atoms with Gasteiger partial charge in [0.15, 0.2) is 0 Å². The van der Waals surface area contributed by atoms with E-state index in [0.29, 0.717) is 29.8 Å². The van der Waals surface area contributed by atoms with E-state index in [-0.39, 0.29) is 23.8 Å². The van der Waals surface area contributed by atoms with E-state index >= 15 is 0 Å². The summed E-state index contributed by atoms with van der Waals surface area (Å²) in [7, 11) is 2.13. The second-order valence-corrected chi connectivity index (χ2v) is 9.87. The van der Waals surface area contributed by atoms with Gasteiger partial charge < -0.3 is 4.74 Å². The molecule has 0 radical (unpaired) electrons. The number of benzene rings is 2.